The quantitative estimate of drug-likeness (QED) is 0.845. The summed E-state index contributed by atoms with van der Waals surface area (Å²) in [4.78, 5) is 3.72. The summed E-state index contributed by atoms with van der Waals surface area (Å²) in [5.41, 5.74) is 1.33. The molecule has 4 heteroatoms. The van der Waals surface area contributed by atoms with Crippen molar-refractivity contribution < 1.29 is 4.74 Å². The maximum Gasteiger partial charge on any atom is 0.132 e. The van der Waals surface area contributed by atoms with E-state index in [0.717, 1.165) is 31.9 Å². The molecule has 1 saturated heterocycles. The van der Waals surface area contributed by atoms with Crippen molar-refractivity contribution in [3.05, 3.63) is 23.8 Å². The lowest BCUT2D eigenvalue weighted by molar-refractivity contribution is 0.165. The second-order valence-electron chi connectivity index (χ2n) is 4.71. The summed E-state index contributed by atoms with van der Waals surface area (Å²) in [6.45, 7) is 6.58. The molecule has 1 aromatic carbocycles. The predicted octanol–water partition coefficient (Wildman–Crippen LogP) is 2.21. The Kier molecular flexibility index (Phi) is 4.92. The average molecular weight is 266 g/mol. The van der Waals surface area contributed by atoms with Crippen molar-refractivity contribution in [2.24, 2.45) is 0 Å². The lowest BCUT2D eigenvalue weighted by Gasteiger charge is -2.34. The molecule has 1 N–H and O–H groups in total. The summed E-state index contributed by atoms with van der Waals surface area (Å²) in [6, 6.07) is 7.14. The zero-order valence-electron chi connectivity index (χ0n) is 11.4. The first-order chi connectivity index (χ1) is 8.74. The third-order valence-electron chi connectivity index (χ3n) is 3.47. The summed E-state index contributed by atoms with van der Waals surface area (Å²) < 4.78 is 5.44. The van der Waals surface area contributed by atoms with Gasteiger partial charge in [-0.15, -0.1) is 11.8 Å². The molecule has 1 heterocycles. The van der Waals surface area contributed by atoms with Crippen LogP contribution in [0, 0.1) is 0 Å². The van der Waals surface area contributed by atoms with Crippen LogP contribution in [0.2, 0.25) is 0 Å². The van der Waals surface area contributed by atoms with Gasteiger partial charge in [0.25, 0.3) is 0 Å². The second-order valence-corrected chi connectivity index (χ2v) is 5.56. The third kappa shape index (κ3) is 3.19. The van der Waals surface area contributed by atoms with Gasteiger partial charge in [0.2, 0.25) is 0 Å². The molecule has 1 fully saturated rings. The van der Waals surface area contributed by atoms with Gasteiger partial charge < -0.3 is 10.1 Å². The number of hydrogen-bond acceptors (Lipinski definition) is 4. The molecule has 0 spiro atoms. The maximum absolute atomic E-state index is 5.44. The fourth-order valence-corrected chi connectivity index (χ4v) is 2.88. The highest BCUT2D eigenvalue weighted by Crippen LogP contribution is 2.28. The Morgan fingerprint density at radius 2 is 2.33 bits per heavy atom. The summed E-state index contributed by atoms with van der Waals surface area (Å²) in [5, 5.41) is 3.42. The van der Waals surface area contributed by atoms with Gasteiger partial charge in [-0.2, -0.15) is 0 Å². The van der Waals surface area contributed by atoms with E-state index in [9.17, 15) is 0 Å². The molecule has 0 bridgehead atoms. The third-order valence-corrected chi connectivity index (χ3v) is 4.25. The molecular weight excluding hydrogens is 244 g/mol. The summed E-state index contributed by atoms with van der Waals surface area (Å²) in [7, 11) is 1.74. The van der Waals surface area contributed by atoms with E-state index in [1.54, 1.807) is 18.9 Å². The molecule has 0 saturated carbocycles. The van der Waals surface area contributed by atoms with Crippen LogP contribution in [0.5, 0.6) is 5.75 Å². The highest BCUT2D eigenvalue weighted by molar-refractivity contribution is 7.98. The van der Waals surface area contributed by atoms with Crippen LogP contribution in [0.25, 0.3) is 0 Å². The number of methoxy groups -OCH3 is 1. The van der Waals surface area contributed by atoms with Crippen LogP contribution in [-0.4, -0.2) is 43.9 Å². The molecule has 0 radical (unpaired) electrons. The van der Waals surface area contributed by atoms with Crippen LogP contribution in [-0.2, 0) is 6.54 Å². The number of rotatable bonds is 4. The van der Waals surface area contributed by atoms with Crippen molar-refractivity contribution in [1.82, 2.24) is 10.2 Å². The Labute approximate surface area is 114 Å². The highest BCUT2D eigenvalue weighted by atomic mass is 32.2. The van der Waals surface area contributed by atoms with E-state index in [1.165, 1.54) is 10.5 Å². The van der Waals surface area contributed by atoms with Crippen molar-refractivity contribution in [3.63, 3.8) is 0 Å². The standard InChI is InChI=1S/C14H22N2OS/c1-11-9-15-6-7-16(11)10-12-4-5-14(18-3)13(8-12)17-2/h4-5,8,11,15H,6-7,9-10H2,1-3H3/t11-/m1/s1. The first-order valence-electron chi connectivity index (χ1n) is 6.40. The predicted molar refractivity (Wildman–Crippen MR) is 77.5 cm³/mol. The van der Waals surface area contributed by atoms with Crippen molar-refractivity contribution in [2.75, 3.05) is 33.0 Å². The summed E-state index contributed by atoms with van der Waals surface area (Å²) in [6.07, 6.45) is 2.08. The van der Waals surface area contributed by atoms with E-state index < -0.39 is 0 Å². The molecule has 0 unspecified atom stereocenters. The van der Waals surface area contributed by atoms with Crippen LogP contribution >= 0.6 is 11.8 Å². The minimum Gasteiger partial charge on any atom is -0.496 e. The Hall–Kier alpha value is -0.710. The Balaban J connectivity index is 2.08. The minimum absolute atomic E-state index is 0.602. The zero-order chi connectivity index (χ0) is 13.0. The number of thioether (sulfide) groups is 1. The fraction of sp³-hybridized carbons (Fsp3) is 0.571. The van der Waals surface area contributed by atoms with Gasteiger partial charge >= 0.3 is 0 Å². The molecule has 0 amide bonds. The van der Waals surface area contributed by atoms with Gasteiger partial charge in [-0.3, -0.25) is 4.90 Å². The Bertz CT molecular complexity index is 397. The van der Waals surface area contributed by atoms with E-state index >= 15 is 0 Å². The van der Waals surface area contributed by atoms with Gasteiger partial charge in [0.05, 0.1) is 7.11 Å². The van der Waals surface area contributed by atoms with E-state index in [4.69, 9.17) is 4.74 Å². The molecule has 0 aromatic heterocycles. The number of ether oxygens (including phenoxy) is 1. The number of nitrogens with zero attached hydrogens (tertiary/aromatic N) is 1. The van der Waals surface area contributed by atoms with E-state index in [-0.39, 0.29) is 0 Å². The van der Waals surface area contributed by atoms with E-state index in [2.05, 4.69) is 41.6 Å². The normalized spacial score (nSPS) is 20.9. The van der Waals surface area contributed by atoms with Gasteiger partial charge in [-0.05, 0) is 30.9 Å². The molecule has 100 valence electrons. The topological polar surface area (TPSA) is 24.5 Å². The summed E-state index contributed by atoms with van der Waals surface area (Å²) >= 11 is 1.73. The molecule has 1 aromatic rings. The smallest absolute Gasteiger partial charge is 0.132 e. The van der Waals surface area contributed by atoms with Crippen LogP contribution in [0.3, 0.4) is 0 Å². The van der Waals surface area contributed by atoms with Crippen molar-refractivity contribution >= 4 is 11.8 Å². The second kappa shape index (κ2) is 6.45. The van der Waals surface area contributed by atoms with E-state index in [0.29, 0.717) is 6.04 Å². The van der Waals surface area contributed by atoms with Crippen molar-refractivity contribution in [3.8, 4) is 5.75 Å². The van der Waals surface area contributed by atoms with Crippen LogP contribution in [0.15, 0.2) is 23.1 Å². The van der Waals surface area contributed by atoms with Gasteiger partial charge in [0, 0.05) is 37.1 Å². The lowest BCUT2D eigenvalue weighted by Crippen LogP contribution is -2.49. The number of nitrogens with one attached hydrogen (secondary N) is 1. The molecule has 3 nitrogen and oxygen atoms in total. The Morgan fingerprint density at radius 3 is 3.00 bits per heavy atom. The highest BCUT2D eigenvalue weighted by Gasteiger charge is 2.18. The average Bonchev–Trinajstić information content (AvgIpc) is 2.41. The van der Waals surface area contributed by atoms with Gasteiger partial charge in [0.1, 0.15) is 5.75 Å². The number of hydrogen-bond donors (Lipinski definition) is 1. The van der Waals surface area contributed by atoms with Gasteiger partial charge in [-0.25, -0.2) is 0 Å². The van der Waals surface area contributed by atoms with Crippen LogP contribution in [0.4, 0.5) is 0 Å². The van der Waals surface area contributed by atoms with Crippen LogP contribution in [0.1, 0.15) is 12.5 Å². The molecule has 18 heavy (non-hydrogen) atoms. The van der Waals surface area contributed by atoms with E-state index in [1.807, 2.05) is 0 Å². The van der Waals surface area contributed by atoms with Gasteiger partial charge in [-0.1, -0.05) is 6.07 Å². The minimum atomic E-state index is 0.602. The number of benzene rings is 1. The first-order valence-corrected chi connectivity index (χ1v) is 7.62. The molecule has 1 aliphatic heterocycles. The summed E-state index contributed by atoms with van der Waals surface area (Å²) in [5.74, 6) is 0.989. The Morgan fingerprint density at radius 1 is 1.50 bits per heavy atom. The molecule has 1 atom stereocenters. The maximum atomic E-state index is 5.44. The SMILES string of the molecule is COc1cc(CN2CCNC[C@H]2C)ccc1SC. The number of piperazine rings is 1. The van der Waals surface area contributed by atoms with Crippen molar-refractivity contribution in [1.29, 1.82) is 0 Å². The van der Waals surface area contributed by atoms with Crippen LogP contribution < -0.4 is 10.1 Å². The van der Waals surface area contributed by atoms with Gasteiger partial charge in [0.15, 0.2) is 0 Å². The lowest BCUT2D eigenvalue weighted by atomic mass is 10.1. The molecule has 2 rings (SSSR count). The molecular formula is C14H22N2OS. The molecule has 1 aliphatic rings. The van der Waals surface area contributed by atoms with Crippen molar-refractivity contribution in [2.45, 2.75) is 24.4 Å². The monoisotopic (exact) mass is 266 g/mol. The first kappa shape index (κ1) is 13.7. The zero-order valence-corrected chi connectivity index (χ0v) is 12.2. The largest absolute Gasteiger partial charge is 0.496 e. The molecule has 0 aliphatic carbocycles. The fourth-order valence-electron chi connectivity index (χ4n) is 2.33.